The normalized spacial score (nSPS) is 11.0. The first-order valence-electron chi connectivity index (χ1n) is 7.26. The Morgan fingerprint density at radius 1 is 1.16 bits per heavy atom. The van der Waals surface area contributed by atoms with Crippen LogP contribution < -0.4 is 20.2 Å². The Labute approximate surface area is 156 Å². The van der Waals surface area contributed by atoms with E-state index in [0.717, 1.165) is 0 Å². The maximum Gasteiger partial charge on any atom is 0.191 e. The highest BCUT2D eigenvalue weighted by molar-refractivity contribution is 7.80. The first-order chi connectivity index (χ1) is 11.9. The average molecular weight is 380 g/mol. The van der Waals surface area contributed by atoms with Gasteiger partial charge in [0.2, 0.25) is 0 Å². The van der Waals surface area contributed by atoms with Crippen LogP contribution in [-0.2, 0) is 0 Å². The van der Waals surface area contributed by atoms with Gasteiger partial charge in [-0.1, -0.05) is 11.6 Å². The van der Waals surface area contributed by atoms with Crippen LogP contribution >= 0.6 is 23.8 Å². The van der Waals surface area contributed by atoms with Gasteiger partial charge in [0.05, 0.1) is 25.6 Å². The Hall–Kier alpha value is -2.51. The van der Waals surface area contributed by atoms with Crippen molar-refractivity contribution in [3.63, 3.8) is 0 Å². The average Bonchev–Trinajstić information content (AvgIpc) is 2.61. The van der Waals surface area contributed by atoms with Gasteiger partial charge >= 0.3 is 0 Å². The summed E-state index contributed by atoms with van der Waals surface area (Å²) >= 11 is 11.2. The number of nitrogens with one attached hydrogen (secondary N) is 2. The number of hydrazone groups is 1. The van der Waals surface area contributed by atoms with Crippen LogP contribution in [0.2, 0.25) is 5.02 Å². The minimum absolute atomic E-state index is 0.0841. The SMILES string of the molecule is COc1ccc(OC)c(NC(=S)N/N=C(\C)c2cc(Cl)ccc2O)c1. The van der Waals surface area contributed by atoms with E-state index in [9.17, 15) is 5.11 Å². The zero-order valence-corrected chi connectivity index (χ0v) is 15.5. The maximum absolute atomic E-state index is 9.89. The number of phenols is 1. The lowest BCUT2D eigenvalue weighted by molar-refractivity contribution is 0.405. The van der Waals surface area contributed by atoms with Crippen molar-refractivity contribution in [1.82, 2.24) is 5.43 Å². The third kappa shape index (κ3) is 4.98. The quantitative estimate of drug-likeness (QED) is 0.417. The molecule has 0 saturated carbocycles. The molecule has 3 N–H and O–H groups in total. The third-order valence-corrected chi connectivity index (χ3v) is 3.76. The van der Waals surface area contributed by atoms with Crippen LogP contribution in [0.1, 0.15) is 12.5 Å². The Morgan fingerprint density at radius 3 is 2.60 bits per heavy atom. The zero-order valence-electron chi connectivity index (χ0n) is 14.0. The molecule has 6 nitrogen and oxygen atoms in total. The number of ether oxygens (including phenoxy) is 2. The van der Waals surface area contributed by atoms with Crippen LogP contribution in [0.15, 0.2) is 41.5 Å². The van der Waals surface area contributed by atoms with Gasteiger partial charge in [-0.05, 0) is 49.5 Å². The molecule has 0 amide bonds. The first-order valence-corrected chi connectivity index (χ1v) is 8.05. The van der Waals surface area contributed by atoms with Gasteiger partial charge in [0.25, 0.3) is 0 Å². The number of benzene rings is 2. The molecule has 0 saturated heterocycles. The number of thiocarbonyl (C=S) groups is 1. The number of aromatic hydroxyl groups is 1. The van der Waals surface area contributed by atoms with Gasteiger partial charge in [0, 0.05) is 16.7 Å². The van der Waals surface area contributed by atoms with Gasteiger partial charge in [0.1, 0.15) is 17.2 Å². The molecule has 25 heavy (non-hydrogen) atoms. The zero-order chi connectivity index (χ0) is 18.4. The molecule has 0 fully saturated rings. The molecule has 0 spiro atoms. The van der Waals surface area contributed by atoms with E-state index < -0.39 is 0 Å². The number of phenolic OH excluding ortho intramolecular Hbond substituents is 1. The molecule has 2 aromatic rings. The van der Waals surface area contributed by atoms with E-state index in [2.05, 4.69) is 15.8 Å². The number of hydrogen-bond acceptors (Lipinski definition) is 5. The summed E-state index contributed by atoms with van der Waals surface area (Å²) in [6.07, 6.45) is 0. The van der Waals surface area contributed by atoms with Crippen LogP contribution in [0.25, 0.3) is 0 Å². The van der Waals surface area contributed by atoms with E-state index >= 15 is 0 Å². The van der Waals surface area contributed by atoms with Crippen LogP contribution in [0, 0.1) is 0 Å². The molecule has 0 radical (unpaired) electrons. The summed E-state index contributed by atoms with van der Waals surface area (Å²) in [6, 6.07) is 10.0. The molecule has 8 heteroatoms. The lowest BCUT2D eigenvalue weighted by Crippen LogP contribution is -2.25. The van der Waals surface area contributed by atoms with Crippen molar-refractivity contribution < 1.29 is 14.6 Å². The van der Waals surface area contributed by atoms with E-state index in [1.165, 1.54) is 6.07 Å². The molecular weight excluding hydrogens is 362 g/mol. The Morgan fingerprint density at radius 2 is 1.92 bits per heavy atom. The second-order valence-corrected chi connectivity index (χ2v) is 5.84. The molecule has 132 valence electrons. The number of anilines is 1. The number of rotatable bonds is 5. The smallest absolute Gasteiger partial charge is 0.191 e. The van der Waals surface area contributed by atoms with Crippen molar-refractivity contribution in [3.8, 4) is 17.2 Å². The summed E-state index contributed by atoms with van der Waals surface area (Å²) in [5.41, 5.74) is 4.40. The summed E-state index contributed by atoms with van der Waals surface area (Å²) in [4.78, 5) is 0. The highest BCUT2D eigenvalue weighted by Crippen LogP contribution is 2.28. The van der Waals surface area contributed by atoms with Crippen molar-refractivity contribution in [3.05, 3.63) is 47.0 Å². The Balaban J connectivity index is 2.11. The van der Waals surface area contributed by atoms with Crippen molar-refractivity contribution in [2.45, 2.75) is 6.92 Å². The summed E-state index contributed by atoms with van der Waals surface area (Å²) < 4.78 is 10.5. The van der Waals surface area contributed by atoms with Gasteiger partial charge in [0.15, 0.2) is 5.11 Å². The summed E-state index contributed by atoms with van der Waals surface area (Å²) in [6.45, 7) is 1.73. The molecule has 0 unspecified atom stereocenters. The predicted molar refractivity (Wildman–Crippen MR) is 104 cm³/mol. The fourth-order valence-corrected chi connectivity index (χ4v) is 2.38. The van der Waals surface area contributed by atoms with Crippen LogP contribution in [-0.4, -0.2) is 30.2 Å². The van der Waals surface area contributed by atoms with Gasteiger partial charge in [-0.3, -0.25) is 5.43 Å². The molecule has 0 atom stereocenters. The predicted octanol–water partition coefficient (Wildman–Crippen LogP) is 3.77. The van der Waals surface area contributed by atoms with Crippen molar-refractivity contribution in [2.24, 2.45) is 5.10 Å². The Bertz CT molecular complexity index is 812. The second kappa shape index (κ2) is 8.55. The minimum Gasteiger partial charge on any atom is -0.507 e. The molecule has 2 aromatic carbocycles. The second-order valence-electron chi connectivity index (χ2n) is 4.99. The molecule has 0 bridgehead atoms. The molecule has 0 aromatic heterocycles. The molecule has 2 rings (SSSR count). The molecule has 0 aliphatic carbocycles. The first kappa shape index (κ1) is 18.8. The molecule has 0 heterocycles. The van der Waals surface area contributed by atoms with E-state index in [4.69, 9.17) is 33.3 Å². The highest BCUT2D eigenvalue weighted by Gasteiger charge is 2.08. The van der Waals surface area contributed by atoms with Gasteiger partial charge in [-0.15, -0.1) is 0 Å². The number of methoxy groups -OCH3 is 2. The summed E-state index contributed by atoms with van der Waals surface area (Å²) in [5.74, 6) is 1.36. The minimum atomic E-state index is 0.0841. The number of halogens is 1. The fourth-order valence-electron chi connectivity index (χ4n) is 2.05. The monoisotopic (exact) mass is 379 g/mol. The molecule has 0 aliphatic heterocycles. The van der Waals surface area contributed by atoms with Crippen molar-refractivity contribution in [2.75, 3.05) is 19.5 Å². The fraction of sp³-hybridized carbons (Fsp3) is 0.176. The van der Waals surface area contributed by atoms with Gasteiger partial charge < -0.3 is 19.9 Å². The van der Waals surface area contributed by atoms with E-state index in [0.29, 0.717) is 33.5 Å². The van der Waals surface area contributed by atoms with E-state index in [1.807, 2.05) is 0 Å². The van der Waals surface area contributed by atoms with E-state index in [-0.39, 0.29) is 10.9 Å². The third-order valence-electron chi connectivity index (χ3n) is 3.33. The van der Waals surface area contributed by atoms with Crippen LogP contribution in [0.3, 0.4) is 0 Å². The summed E-state index contributed by atoms with van der Waals surface area (Å²) in [5, 5.41) is 17.8. The van der Waals surface area contributed by atoms with Crippen LogP contribution in [0.4, 0.5) is 5.69 Å². The largest absolute Gasteiger partial charge is 0.507 e. The topological polar surface area (TPSA) is 75.1 Å². The van der Waals surface area contributed by atoms with Crippen molar-refractivity contribution in [1.29, 1.82) is 0 Å². The van der Waals surface area contributed by atoms with Crippen LogP contribution in [0.5, 0.6) is 17.2 Å². The lowest BCUT2D eigenvalue weighted by atomic mass is 10.1. The standard InChI is InChI=1S/C17H18ClN3O3S/c1-10(13-8-11(18)4-6-15(13)22)20-21-17(25)19-14-9-12(23-2)5-7-16(14)24-3/h4-9,22H,1-3H3,(H2,19,21,25)/b20-10+. The number of hydrogen-bond donors (Lipinski definition) is 3. The molecule has 0 aliphatic rings. The van der Waals surface area contributed by atoms with Crippen molar-refractivity contribution >= 4 is 40.3 Å². The van der Waals surface area contributed by atoms with Gasteiger partial charge in [-0.2, -0.15) is 5.10 Å². The maximum atomic E-state index is 9.89. The highest BCUT2D eigenvalue weighted by atomic mass is 35.5. The Kier molecular flexibility index (Phi) is 6.44. The van der Waals surface area contributed by atoms with Gasteiger partial charge in [-0.25, -0.2) is 0 Å². The lowest BCUT2D eigenvalue weighted by Gasteiger charge is -2.13. The van der Waals surface area contributed by atoms with E-state index in [1.54, 1.807) is 51.5 Å². The summed E-state index contributed by atoms with van der Waals surface area (Å²) in [7, 11) is 3.14. The molecular formula is C17H18ClN3O3S. The number of nitrogens with zero attached hydrogens (tertiary/aromatic N) is 1.